The molecule has 1 amide bonds. The fourth-order valence-electron chi connectivity index (χ4n) is 2.38. The molecule has 0 atom stereocenters. The molecule has 1 heterocycles. The third-order valence-electron chi connectivity index (χ3n) is 3.75. The molecule has 0 aliphatic carbocycles. The SMILES string of the molecule is COc1ccccc1CNC(=O)Cc1nnc(-c2ccc(C)cc2)o1. The second-order valence-corrected chi connectivity index (χ2v) is 5.63. The lowest BCUT2D eigenvalue weighted by Crippen LogP contribution is -2.24. The number of nitrogens with zero attached hydrogens (tertiary/aromatic N) is 2. The summed E-state index contributed by atoms with van der Waals surface area (Å²) < 4.78 is 10.8. The summed E-state index contributed by atoms with van der Waals surface area (Å²) in [5.74, 6) is 1.24. The van der Waals surface area contributed by atoms with E-state index < -0.39 is 0 Å². The molecule has 128 valence electrons. The van der Waals surface area contributed by atoms with Crippen molar-refractivity contribution in [2.75, 3.05) is 7.11 Å². The molecule has 2 aromatic carbocycles. The Morgan fingerprint density at radius 1 is 1.12 bits per heavy atom. The van der Waals surface area contributed by atoms with E-state index in [0.717, 1.165) is 22.4 Å². The number of aryl methyl sites for hydroxylation is 1. The Hall–Kier alpha value is -3.15. The highest BCUT2D eigenvalue weighted by Gasteiger charge is 2.13. The molecule has 0 spiro atoms. The molecule has 1 N–H and O–H groups in total. The van der Waals surface area contributed by atoms with Gasteiger partial charge in [-0.2, -0.15) is 0 Å². The number of hydrogen-bond acceptors (Lipinski definition) is 5. The topological polar surface area (TPSA) is 77.2 Å². The van der Waals surface area contributed by atoms with Crippen LogP contribution in [0.5, 0.6) is 5.75 Å². The number of benzene rings is 2. The average molecular weight is 337 g/mol. The number of para-hydroxylation sites is 1. The van der Waals surface area contributed by atoms with Gasteiger partial charge in [0.2, 0.25) is 17.7 Å². The van der Waals surface area contributed by atoms with Crippen LogP contribution in [0.4, 0.5) is 0 Å². The van der Waals surface area contributed by atoms with Crippen molar-refractivity contribution in [3.8, 4) is 17.2 Å². The number of methoxy groups -OCH3 is 1. The van der Waals surface area contributed by atoms with Crippen molar-refractivity contribution in [3.63, 3.8) is 0 Å². The van der Waals surface area contributed by atoms with Gasteiger partial charge in [0.15, 0.2) is 0 Å². The molecule has 0 saturated carbocycles. The van der Waals surface area contributed by atoms with Gasteiger partial charge in [-0.05, 0) is 25.1 Å². The Labute approximate surface area is 145 Å². The van der Waals surface area contributed by atoms with Crippen LogP contribution < -0.4 is 10.1 Å². The molecule has 6 nitrogen and oxygen atoms in total. The largest absolute Gasteiger partial charge is 0.496 e. The number of amides is 1. The quantitative estimate of drug-likeness (QED) is 0.748. The highest BCUT2D eigenvalue weighted by atomic mass is 16.5. The molecular formula is C19H19N3O3. The standard InChI is InChI=1S/C19H19N3O3/c1-13-7-9-14(10-8-13)19-22-21-18(25-19)11-17(23)20-12-15-5-3-4-6-16(15)24-2/h3-10H,11-12H2,1-2H3,(H,20,23). The summed E-state index contributed by atoms with van der Waals surface area (Å²) in [6.45, 7) is 2.39. The van der Waals surface area contributed by atoms with E-state index >= 15 is 0 Å². The molecule has 3 aromatic rings. The molecule has 25 heavy (non-hydrogen) atoms. The van der Waals surface area contributed by atoms with Crippen LogP contribution >= 0.6 is 0 Å². The molecule has 0 fully saturated rings. The summed E-state index contributed by atoms with van der Waals surface area (Å²) in [5.41, 5.74) is 2.89. The second kappa shape index (κ2) is 7.61. The fraction of sp³-hybridized carbons (Fsp3) is 0.211. The van der Waals surface area contributed by atoms with Gasteiger partial charge in [-0.15, -0.1) is 10.2 Å². The van der Waals surface area contributed by atoms with Gasteiger partial charge < -0.3 is 14.5 Å². The van der Waals surface area contributed by atoms with E-state index in [2.05, 4.69) is 15.5 Å². The van der Waals surface area contributed by atoms with Gasteiger partial charge in [0.25, 0.3) is 0 Å². The lowest BCUT2D eigenvalue weighted by atomic mass is 10.1. The van der Waals surface area contributed by atoms with Gasteiger partial charge in [-0.1, -0.05) is 35.9 Å². The predicted octanol–water partition coefficient (Wildman–Crippen LogP) is 2.91. The number of carbonyl (C=O) groups is 1. The van der Waals surface area contributed by atoms with Crippen molar-refractivity contribution < 1.29 is 13.9 Å². The van der Waals surface area contributed by atoms with Crippen molar-refractivity contribution in [1.29, 1.82) is 0 Å². The molecule has 0 unspecified atom stereocenters. The van der Waals surface area contributed by atoms with Crippen LogP contribution in [-0.2, 0) is 17.8 Å². The fourth-order valence-corrected chi connectivity index (χ4v) is 2.38. The molecule has 0 aliphatic heterocycles. The second-order valence-electron chi connectivity index (χ2n) is 5.63. The summed E-state index contributed by atoms with van der Waals surface area (Å²) in [7, 11) is 1.60. The van der Waals surface area contributed by atoms with Crippen LogP contribution in [0.3, 0.4) is 0 Å². The lowest BCUT2D eigenvalue weighted by molar-refractivity contribution is -0.120. The maximum atomic E-state index is 12.1. The van der Waals surface area contributed by atoms with E-state index in [0.29, 0.717) is 12.4 Å². The number of rotatable bonds is 6. The van der Waals surface area contributed by atoms with Gasteiger partial charge in [-0.3, -0.25) is 4.79 Å². The first-order chi connectivity index (χ1) is 12.2. The zero-order valence-corrected chi connectivity index (χ0v) is 14.2. The smallest absolute Gasteiger partial charge is 0.247 e. The number of carbonyl (C=O) groups excluding carboxylic acids is 1. The van der Waals surface area contributed by atoms with Gasteiger partial charge in [0.1, 0.15) is 12.2 Å². The Morgan fingerprint density at radius 3 is 2.64 bits per heavy atom. The van der Waals surface area contributed by atoms with Crippen LogP contribution in [0.2, 0.25) is 0 Å². The van der Waals surface area contributed by atoms with E-state index in [9.17, 15) is 4.79 Å². The van der Waals surface area contributed by atoms with Crippen LogP contribution in [0, 0.1) is 6.92 Å². The van der Waals surface area contributed by atoms with Gasteiger partial charge >= 0.3 is 0 Å². The maximum Gasteiger partial charge on any atom is 0.247 e. The lowest BCUT2D eigenvalue weighted by Gasteiger charge is -2.08. The molecule has 1 aromatic heterocycles. The molecule has 0 bridgehead atoms. The third-order valence-corrected chi connectivity index (χ3v) is 3.75. The summed E-state index contributed by atoms with van der Waals surface area (Å²) >= 11 is 0. The number of nitrogens with one attached hydrogen (secondary N) is 1. The Bertz CT molecular complexity index is 856. The van der Waals surface area contributed by atoms with Crippen molar-refractivity contribution >= 4 is 5.91 Å². The molecule has 0 saturated heterocycles. The van der Waals surface area contributed by atoms with E-state index in [1.54, 1.807) is 7.11 Å². The highest BCUT2D eigenvalue weighted by molar-refractivity contribution is 5.77. The third kappa shape index (κ3) is 4.23. The number of aromatic nitrogens is 2. The van der Waals surface area contributed by atoms with Gasteiger partial charge in [0, 0.05) is 17.7 Å². The van der Waals surface area contributed by atoms with Crippen molar-refractivity contribution in [3.05, 3.63) is 65.5 Å². The Balaban J connectivity index is 1.59. The zero-order chi connectivity index (χ0) is 17.6. The summed E-state index contributed by atoms with van der Waals surface area (Å²) in [6, 6.07) is 15.3. The summed E-state index contributed by atoms with van der Waals surface area (Å²) in [5, 5.41) is 10.8. The Kier molecular flexibility index (Phi) is 5.09. The minimum Gasteiger partial charge on any atom is -0.496 e. The van der Waals surface area contributed by atoms with E-state index in [1.165, 1.54) is 0 Å². The first-order valence-corrected chi connectivity index (χ1v) is 7.93. The molecule has 0 radical (unpaired) electrons. The maximum absolute atomic E-state index is 12.1. The van der Waals surface area contributed by atoms with Gasteiger partial charge in [-0.25, -0.2) is 0 Å². The normalized spacial score (nSPS) is 10.5. The van der Waals surface area contributed by atoms with Crippen molar-refractivity contribution in [1.82, 2.24) is 15.5 Å². The first kappa shape index (κ1) is 16.7. The highest BCUT2D eigenvalue weighted by Crippen LogP contribution is 2.19. The summed E-state index contributed by atoms with van der Waals surface area (Å²) in [6.07, 6.45) is 0.0357. The van der Waals surface area contributed by atoms with Crippen LogP contribution in [0.15, 0.2) is 52.9 Å². The average Bonchev–Trinajstić information content (AvgIpc) is 3.09. The first-order valence-electron chi connectivity index (χ1n) is 7.93. The molecule has 0 aliphatic rings. The van der Waals surface area contributed by atoms with Crippen molar-refractivity contribution in [2.24, 2.45) is 0 Å². The number of hydrogen-bond donors (Lipinski definition) is 1. The number of ether oxygens (including phenoxy) is 1. The van der Waals surface area contributed by atoms with Crippen LogP contribution in [-0.4, -0.2) is 23.2 Å². The van der Waals surface area contributed by atoms with Crippen LogP contribution in [0.1, 0.15) is 17.0 Å². The minimum absolute atomic E-state index is 0.0357. The van der Waals surface area contributed by atoms with E-state index in [-0.39, 0.29) is 18.2 Å². The molecule has 6 heteroatoms. The molecular weight excluding hydrogens is 318 g/mol. The van der Waals surface area contributed by atoms with E-state index in [4.69, 9.17) is 9.15 Å². The minimum atomic E-state index is -0.190. The summed E-state index contributed by atoms with van der Waals surface area (Å²) in [4.78, 5) is 12.1. The van der Waals surface area contributed by atoms with E-state index in [1.807, 2.05) is 55.5 Å². The zero-order valence-electron chi connectivity index (χ0n) is 14.2. The monoisotopic (exact) mass is 337 g/mol. The predicted molar refractivity (Wildman–Crippen MR) is 93.0 cm³/mol. The Morgan fingerprint density at radius 2 is 1.88 bits per heavy atom. The van der Waals surface area contributed by atoms with Gasteiger partial charge in [0.05, 0.1) is 7.11 Å². The van der Waals surface area contributed by atoms with Crippen molar-refractivity contribution in [2.45, 2.75) is 19.9 Å². The van der Waals surface area contributed by atoms with Crippen LogP contribution in [0.25, 0.3) is 11.5 Å². The molecule has 3 rings (SSSR count).